The summed E-state index contributed by atoms with van der Waals surface area (Å²) in [4.78, 5) is 11.7. The molecule has 0 spiro atoms. The number of thioether (sulfide) groups is 1. The molecule has 1 amide bonds. The average Bonchev–Trinajstić information content (AvgIpc) is 2.20. The molecule has 100 valence electrons. The summed E-state index contributed by atoms with van der Waals surface area (Å²) in [7, 11) is 0. The molecule has 0 unspecified atom stereocenters. The van der Waals surface area contributed by atoms with Gasteiger partial charge in [-0.1, -0.05) is 32.4 Å². The van der Waals surface area contributed by atoms with E-state index in [1.165, 1.54) is 0 Å². The predicted molar refractivity (Wildman–Crippen MR) is 81.3 cm³/mol. The normalized spacial score (nSPS) is 11.3. The Kier molecular flexibility index (Phi) is 5.35. The number of amides is 1. The smallest absolute Gasteiger partial charge is 0.225 e. The van der Waals surface area contributed by atoms with E-state index in [-0.39, 0.29) is 10.7 Å². The van der Waals surface area contributed by atoms with Crippen LogP contribution in [-0.4, -0.2) is 16.4 Å². The fraction of sp³-hybridized carbons (Fsp3) is 0.462. The van der Waals surface area contributed by atoms with Crippen molar-refractivity contribution >= 4 is 40.6 Å². The molecule has 0 saturated carbocycles. The van der Waals surface area contributed by atoms with Gasteiger partial charge < -0.3 is 11.1 Å². The van der Waals surface area contributed by atoms with Gasteiger partial charge in [0.15, 0.2) is 0 Å². The van der Waals surface area contributed by atoms with Crippen LogP contribution in [0.1, 0.15) is 27.2 Å². The summed E-state index contributed by atoms with van der Waals surface area (Å²) in [6.07, 6.45) is 0.476. The van der Waals surface area contributed by atoms with E-state index < -0.39 is 0 Å². The Morgan fingerprint density at radius 1 is 1.44 bits per heavy atom. The molecule has 0 heterocycles. The van der Waals surface area contributed by atoms with Crippen LogP contribution in [0.3, 0.4) is 0 Å². The number of carbonyl (C=O) groups is 1. The molecule has 1 rings (SSSR count). The standard InChI is InChI=1S/C13H19ClN2OS/c1-13(2,3)18-7-6-12(17)16-11-5-4-9(14)8-10(11)15/h4-5,8H,6-7,15H2,1-3H3,(H,16,17). The van der Waals surface area contributed by atoms with Gasteiger partial charge in [-0.3, -0.25) is 4.79 Å². The third kappa shape index (κ3) is 5.65. The summed E-state index contributed by atoms with van der Waals surface area (Å²) < 4.78 is 0.180. The number of hydrogen-bond acceptors (Lipinski definition) is 3. The number of rotatable bonds is 4. The largest absolute Gasteiger partial charge is 0.397 e. The van der Waals surface area contributed by atoms with Crippen molar-refractivity contribution in [2.75, 3.05) is 16.8 Å². The fourth-order valence-corrected chi connectivity index (χ4v) is 2.39. The molecule has 0 bridgehead atoms. The molecule has 0 fully saturated rings. The molecule has 0 saturated heterocycles. The third-order valence-corrected chi connectivity index (χ3v) is 3.66. The second-order valence-electron chi connectivity index (χ2n) is 4.99. The van der Waals surface area contributed by atoms with E-state index in [9.17, 15) is 4.79 Å². The number of hydrogen-bond donors (Lipinski definition) is 2. The predicted octanol–water partition coefficient (Wildman–Crippen LogP) is 3.78. The van der Waals surface area contributed by atoms with Gasteiger partial charge >= 0.3 is 0 Å². The van der Waals surface area contributed by atoms with E-state index in [0.717, 1.165) is 5.75 Å². The first-order chi connectivity index (χ1) is 8.28. The Morgan fingerprint density at radius 3 is 2.67 bits per heavy atom. The maximum atomic E-state index is 11.7. The summed E-state index contributed by atoms with van der Waals surface area (Å²) >= 11 is 7.56. The van der Waals surface area contributed by atoms with Gasteiger partial charge in [0.05, 0.1) is 11.4 Å². The minimum Gasteiger partial charge on any atom is -0.397 e. The van der Waals surface area contributed by atoms with E-state index in [2.05, 4.69) is 26.1 Å². The highest BCUT2D eigenvalue weighted by molar-refractivity contribution is 8.00. The Labute approximate surface area is 117 Å². The molecule has 5 heteroatoms. The van der Waals surface area contributed by atoms with Crippen LogP contribution in [0.2, 0.25) is 5.02 Å². The Morgan fingerprint density at radius 2 is 2.11 bits per heavy atom. The maximum Gasteiger partial charge on any atom is 0.225 e. The number of nitrogen functional groups attached to an aromatic ring is 1. The van der Waals surface area contributed by atoms with Crippen LogP contribution in [0.15, 0.2) is 18.2 Å². The first-order valence-electron chi connectivity index (χ1n) is 5.77. The molecule has 0 atom stereocenters. The summed E-state index contributed by atoms with van der Waals surface area (Å²) in [6.45, 7) is 6.40. The molecule has 0 aliphatic rings. The van der Waals surface area contributed by atoms with Crippen molar-refractivity contribution < 1.29 is 4.79 Å². The van der Waals surface area contributed by atoms with Crippen molar-refractivity contribution in [2.24, 2.45) is 0 Å². The molecule has 0 aromatic heterocycles. The first-order valence-corrected chi connectivity index (χ1v) is 7.13. The summed E-state index contributed by atoms with van der Waals surface area (Å²) in [5.74, 6) is 0.767. The van der Waals surface area contributed by atoms with Gasteiger partial charge in [0.1, 0.15) is 0 Å². The van der Waals surface area contributed by atoms with Crippen LogP contribution < -0.4 is 11.1 Å². The summed E-state index contributed by atoms with van der Waals surface area (Å²) in [6, 6.07) is 5.05. The van der Waals surface area contributed by atoms with Gasteiger partial charge in [-0.15, -0.1) is 0 Å². The third-order valence-electron chi connectivity index (χ3n) is 2.15. The molecule has 0 radical (unpaired) electrons. The number of nitrogens with one attached hydrogen (secondary N) is 1. The van der Waals surface area contributed by atoms with Gasteiger partial charge in [-0.05, 0) is 18.2 Å². The minimum atomic E-state index is -0.0271. The van der Waals surface area contributed by atoms with E-state index in [1.807, 2.05) is 0 Å². The number of anilines is 2. The molecule has 0 aliphatic carbocycles. The molecule has 1 aromatic rings. The highest BCUT2D eigenvalue weighted by Gasteiger charge is 2.12. The number of nitrogens with two attached hydrogens (primary N) is 1. The molecule has 1 aromatic carbocycles. The first kappa shape index (κ1) is 15.2. The molecular formula is C13H19ClN2OS. The van der Waals surface area contributed by atoms with Gasteiger partial charge in [0, 0.05) is 21.9 Å². The Hall–Kier alpha value is -0.870. The zero-order chi connectivity index (χ0) is 13.8. The van der Waals surface area contributed by atoms with Crippen molar-refractivity contribution in [3.05, 3.63) is 23.2 Å². The van der Waals surface area contributed by atoms with Crippen molar-refractivity contribution in [2.45, 2.75) is 31.9 Å². The SMILES string of the molecule is CC(C)(C)SCCC(=O)Nc1ccc(Cl)cc1N. The van der Waals surface area contributed by atoms with E-state index >= 15 is 0 Å². The van der Waals surface area contributed by atoms with Crippen molar-refractivity contribution in [1.82, 2.24) is 0 Å². The molecular weight excluding hydrogens is 268 g/mol. The van der Waals surface area contributed by atoms with Crippen molar-refractivity contribution in [1.29, 1.82) is 0 Å². The quantitative estimate of drug-likeness (QED) is 0.828. The summed E-state index contributed by atoms with van der Waals surface area (Å²) in [5.41, 5.74) is 6.86. The monoisotopic (exact) mass is 286 g/mol. The van der Waals surface area contributed by atoms with Crippen LogP contribution in [0.4, 0.5) is 11.4 Å². The number of carbonyl (C=O) groups excluding carboxylic acids is 1. The van der Waals surface area contributed by atoms with Gasteiger partial charge in [-0.25, -0.2) is 0 Å². The fourth-order valence-electron chi connectivity index (χ4n) is 1.31. The highest BCUT2D eigenvalue weighted by atomic mass is 35.5. The van der Waals surface area contributed by atoms with Gasteiger partial charge in [0.25, 0.3) is 0 Å². The molecule has 3 nitrogen and oxygen atoms in total. The van der Waals surface area contributed by atoms with Crippen LogP contribution in [0, 0.1) is 0 Å². The molecule has 18 heavy (non-hydrogen) atoms. The molecule has 3 N–H and O–H groups in total. The van der Waals surface area contributed by atoms with E-state index in [4.69, 9.17) is 17.3 Å². The summed E-state index contributed by atoms with van der Waals surface area (Å²) in [5, 5.41) is 3.35. The second-order valence-corrected chi connectivity index (χ2v) is 7.35. The molecule has 0 aliphatic heterocycles. The van der Waals surface area contributed by atoms with E-state index in [0.29, 0.717) is 22.8 Å². The van der Waals surface area contributed by atoms with E-state index in [1.54, 1.807) is 30.0 Å². The second kappa shape index (κ2) is 6.34. The lowest BCUT2D eigenvalue weighted by atomic mass is 10.2. The topological polar surface area (TPSA) is 55.1 Å². The maximum absolute atomic E-state index is 11.7. The Balaban J connectivity index is 2.45. The lowest BCUT2D eigenvalue weighted by Gasteiger charge is -2.17. The van der Waals surface area contributed by atoms with Crippen LogP contribution >= 0.6 is 23.4 Å². The van der Waals surface area contributed by atoms with Crippen molar-refractivity contribution in [3.63, 3.8) is 0 Å². The highest BCUT2D eigenvalue weighted by Crippen LogP contribution is 2.25. The lowest BCUT2D eigenvalue weighted by molar-refractivity contribution is -0.115. The Bertz CT molecular complexity index is 429. The van der Waals surface area contributed by atoms with Crippen LogP contribution in [0.5, 0.6) is 0 Å². The van der Waals surface area contributed by atoms with Crippen LogP contribution in [-0.2, 0) is 4.79 Å². The minimum absolute atomic E-state index is 0.0271. The zero-order valence-electron chi connectivity index (χ0n) is 10.9. The average molecular weight is 287 g/mol. The lowest BCUT2D eigenvalue weighted by Crippen LogP contribution is -2.15. The number of halogens is 1. The van der Waals surface area contributed by atoms with Crippen molar-refractivity contribution in [3.8, 4) is 0 Å². The van der Waals surface area contributed by atoms with Crippen LogP contribution in [0.25, 0.3) is 0 Å². The van der Waals surface area contributed by atoms with Gasteiger partial charge in [0.2, 0.25) is 5.91 Å². The zero-order valence-corrected chi connectivity index (χ0v) is 12.5. The number of benzene rings is 1. The van der Waals surface area contributed by atoms with Gasteiger partial charge in [-0.2, -0.15) is 11.8 Å².